The molecule has 0 aliphatic carbocycles. The summed E-state index contributed by atoms with van der Waals surface area (Å²) in [6, 6.07) is 15.5. The molecule has 10 rings (SSSR count). The predicted molar refractivity (Wildman–Crippen MR) is 291 cm³/mol. The monoisotopic (exact) mass is 1060 g/mol. The van der Waals surface area contributed by atoms with Gasteiger partial charge >= 0.3 is 6.01 Å². The summed E-state index contributed by atoms with van der Waals surface area (Å²) < 4.78 is 29.5. The number of hydrogen-bond donors (Lipinski definition) is 5. The second-order valence-electron chi connectivity index (χ2n) is 22.0. The fourth-order valence-electron chi connectivity index (χ4n) is 11.4. The first-order valence-electron chi connectivity index (χ1n) is 26.7. The number of ether oxygens (including phenoxy) is 2. The van der Waals surface area contributed by atoms with E-state index >= 15 is 4.39 Å². The zero-order valence-electron chi connectivity index (χ0n) is 44.1. The third-order valence-corrected chi connectivity index (χ3v) is 16.5. The number of phenols is 1. The molecule has 7 heterocycles. The van der Waals surface area contributed by atoms with E-state index in [1.54, 1.807) is 29.7 Å². The molecule has 3 aromatic carbocycles. The first-order chi connectivity index (χ1) is 36.5. The van der Waals surface area contributed by atoms with E-state index in [0.29, 0.717) is 80.8 Å². The van der Waals surface area contributed by atoms with Gasteiger partial charge in [0.2, 0.25) is 17.7 Å². The van der Waals surface area contributed by atoms with E-state index in [1.807, 2.05) is 89.5 Å². The molecule has 5 N–H and O–H groups in total. The van der Waals surface area contributed by atoms with Gasteiger partial charge in [-0.1, -0.05) is 70.2 Å². The number of amides is 3. The summed E-state index contributed by atoms with van der Waals surface area (Å²) in [4.78, 5) is 67.1. The number of anilines is 1. The van der Waals surface area contributed by atoms with Crippen molar-refractivity contribution in [1.29, 1.82) is 0 Å². The number of benzene rings is 3. The number of carbonyl (C=O) groups excluding carboxylic acids is 3. The first-order valence-corrected chi connectivity index (χ1v) is 27.6. The molecule has 402 valence electrons. The van der Waals surface area contributed by atoms with Crippen molar-refractivity contribution in [2.45, 2.75) is 122 Å². The number of carbonyl (C=O) groups is 3. The number of nitrogens with zero attached hydrogens (tertiary/aromatic N) is 7. The molecule has 3 amide bonds. The number of aromatic hydroxyl groups is 1. The highest BCUT2D eigenvalue weighted by atomic mass is 32.1. The first kappa shape index (κ1) is 53.0. The zero-order valence-corrected chi connectivity index (χ0v) is 45.0. The molecule has 76 heavy (non-hydrogen) atoms. The molecule has 0 spiro atoms. The van der Waals surface area contributed by atoms with Gasteiger partial charge in [0, 0.05) is 69.5 Å². The molecule has 3 aromatic heterocycles. The fourth-order valence-corrected chi connectivity index (χ4v) is 12.2. The van der Waals surface area contributed by atoms with Crippen molar-refractivity contribution in [3.05, 3.63) is 88.9 Å². The van der Waals surface area contributed by atoms with Crippen LogP contribution in [0, 0.1) is 18.2 Å². The maximum Gasteiger partial charge on any atom is 0.319 e. The number of rotatable bonds is 16. The maximum atomic E-state index is 17.1. The van der Waals surface area contributed by atoms with Crippen molar-refractivity contribution in [3.63, 3.8) is 0 Å². The molecule has 6 atom stereocenters. The second-order valence-corrected chi connectivity index (χ2v) is 22.9. The van der Waals surface area contributed by atoms with Crippen LogP contribution in [0.15, 0.2) is 66.3 Å². The van der Waals surface area contributed by atoms with Crippen molar-refractivity contribution in [3.8, 4) is 33.5 Å². The number of piperidine rings is 1. The summed E-state index contributed by atoms with van der Waals surface area (Å²) >= 11 is 1.57. The third-order valence-electron chi connectivity index (χ3n) is 15.5. The normalized spacial score (nSPS) is 21.1. The van der Waals surface area contributed by atoms with Gasteiger partial charge < -0.3 is 45.4 Å². The Morgan fingerprint density at radius 1 is 0.974 bits per heavy atom. The van der Waals surface area contributed by atoms with E-state index in [0.717, 1.165) is 50.9 Å². The topological polar surface area (TPSA) is 208 Å². The quantitative estimate of drug-likeness (QED) is 0.0672. The molecular formula is C57H69FN10O7S. The minimum atomic E-state index is -0.983. The highest BCUT2D eigenvalue weighted by Gasteiger charge is 2.45. The van der Waals surface area contributed by atoms with Gasteiger partial charge in [-0.05, 0) is 91.0 Å². The number of halogens is 1. The lowest BCUT2D eigenvalue weighted by Crippen LogP contribution is -2.58. The van der Waals surface area contributed by atoms with Gasteiger partial charge in [-0.3, -0.25) is 24.3 Å². The number of aliphatic hydroxyl groups is 1. The van der Waals surface area contributed by atoms with Crippen LogP contribution >= 0.6 is 11.3 Å². The van der Waals surface area contributed by atoms with Crippen LogP contribution in [0.4, 0.5) is 10.2 Å². The number of pyridine rings is 1. The number of hydrogen-bond acceptors (Lipinski definition) is 15. The summed E-state index contributed by atoms with van der Waals surface area (Å²) in [6.07, 6.45) is 4.81. The van der Waals surface area contributed by atoms with Crippen LogP contribution in [-0.4, -0.2) is 147 Å². The Hall–Kier alpha value is -6.38. The molecule has 2 unspecified atom stereocenters. The Balaban J connectivity index is 0.740. The Labute approximate surface area is 446 Å². The van der Waals surface area contributed by atoms with E-state index < -0.39 is 41.2 Å². The number of fused-ring (bicyclic) bond motifs is 4. The standard InChI is InChI=1S/C57H69FN10O7S/c1-7-34-9-8-10-37-23-40(69)24-43(47(34)37)49-48(58)50-44(26-59-49)53(67-27-38-15-16-39(28-67)62-38)65-56(64-50)74-22-21-66-19-17-42(18-20-66)75-30-46(71)63-52(57(4,5)6)55(73)68-29-41(70)25-45(68)54(72)61-32(2)35-11-13-36(14-12-35)51-33(3)60-31-76-51/h8-14,23-24,26,31-32,38-39,41-42,45,52,62,69-70H,7,15-22,25,27-30H2,1-6H3,(H,61,72)(H,63,71)/t32-,38?,39?,41+,45-,52+/m0/s1. The number of aryl methyl sites for hydroxylation is 2. The van der Waals surface area contributed by atoms with Gasteiger partial charge in [0.25, 0.3) is 0 Å². The Morgan fingerprint density at radius 3 is 2.42 bits per heavy atom. The SMILES string of the molecule is CCc1cccc2cc(O)cc(-c3ncc4c(N5CC6CCC(C5)N6)nc(OCCN5CCC(OCC(=O)N[C@H](C(=O)N6C[C@H](O)C[C@H]6C(=O)N[C@@H](C)c6ccc(-c7scnc7C)cc6)C(C)(C)C)CC5)nc4c3F)c12. The van der Waals surface area contributed by atoms with Gasteiger partial charge in [-0.15, -0.1) is 11.3 Å². The number of β-amino-alcohol motifs (C(OH)–C–C–N with tert-alkyl or cyclic N) is 1. The van der Waals surface area contributed by atoms with Crippen LogP contribution in [0.25, 0.3) is 43.4 Å². The number of aliphatic hydroxyl groups excluding tert-OH is 1. The summed E-state index contributed by atoms with van der Waals surface area (Å²) in [7, 11) is 0. The Morgan fingerprint density at radius 2 is 1.72 bits per heavy atom. The van der Waals surface area contributed by atoms with Crippen LogP contribution < -0.4 is 25.6 Å². The van der Waals surface area contributed by atoms with E-state index in [9.17, 15) is 24.6 Å². The van der Waals surface area contributed by atoms with Crippen LogP contribution in [0.2, 0.25) is 0 Å². The fraction of sp³-hybridized carbons (Fsp3) is 0.491. The summed E-state index contributed by atoms with van der Waals surface area (Å²) in [5, 5.41) is 33.2. The van der Waals surface area contributed by atoms with E-state index in [-0.39, 0.29) is 67.2 Å². The van der Waals surface area contributed by atoms with E-state index in [2.05, 4.69) is 40.7 Å². The van der Waals surface area contributed by atoms with Gasteiger partial charge in [0.1, 0.15) is 48.1 Å². The molecule has 2 bridgehead atoms. The lowest BCUT2D eigenvalue weighted by molar-refractivity contribution is -0.145. The Bertz CT molecular complexity index is 3100. The number of nitrogens with one attached hydrogen (secondary N) is 3. The zero-order chi connectivity index (χ0) is 53.4. The van der Waals surface area contributed by atoms with Crippen molar-refractivity contribution in [2.75, 3.05) is 57.4 Å². The van der Waals surface area contributed by atoms with E-state index in [4.69, 9.17) is 14.5 Å². The summed E-state index contributed by atoms with van der Waals surface area (Å²) in [5.74, 6) is -1.26. The average molecular weight is 1060 g/mol. The largest absolute Gasteiger partial charge is 0.508 e. The van der Waals surface area contributed by atoms with E-state index in [1.165, 1.54) is 4.90 Å². The van der Waals surface area contributed by atoms with Gasteiger partial charge in [-0.25, -0.2) is 9.37 Å². The predicted octanol–water partition coefficient (Wildman–Crippen LogP) is 6.85. The second kappa shape index (κ2) is 22.3. The highest BCUT2D eigenvalue weighted by Crippen LogP contribution is 2.39. The van der Waals surface area contributed by atoms with Crippen LogP contribution in [0.5, 0.6) is 11.8 Å². The number of phenolic OH excluding ortho intramolecular Hbond substituents is 1. The molecule has 6 aromatic rings. The molecule has 4 saturated heterocycles. The van der Waals surface area contributed by atoms with Crippen LogP contribution in [-0.2, 0) is 25.5 Å². The average Bonchev–Trinajstić information content (AvgIpc) is 4.14. The lowest BCUT2D eigenvalue weighted by atomic mass is 9.85. The van der Waals surface area contributed by atoms with Crippen molar-refractivity contribution >= 4 is 56.6 Å². The van der Waals surface area contributed by atoms with Gasteiger partial charge in [0.05, 0.1) is 39.7 Å². The number of thiazole rings is 1. The number of aromatic nitrogens is 4. The minimum absolute atomic E-state index is 0.0191. The van der Waals surface area contributed by atoms with Crippen molar-refractivity contribution in [2.24, 2.45) is 5.41 Å². The molecule has 4 fully saturated rings. The number of likely N-dealkylation sites (tertiary alicyclic amines) is 2. The molecule has 0 radical (unpaired) electrons. The summed E-state index contributed by atoms with van der Waals surface area (Å²) in [5.41, 5.74) is 5.71. The molecular weight excluding hydrogens is 988 g/mol. The molecule has 17 nitrogen and oxygen atoms in total. The van der Waals surface area contributed by atoms with Crippen molar-refractivity contribution in [1.82, 2.24) is 45.7 Å². The molecule has 4 aliphatic rings. The van der Waals surface area contributed by atoms with Crippen molar-refractivity contribution < 1.29 is 38.5 Å². The Kier molecular flexibility index (Phi) is 15.6. The maximum absolute atomic E-state index is 17.1. The molecule has 4 aliphatic heterocycles. The minimum Gasteiger partial charge on any atom is -0.508 e. The third kappa shape index (κ3) is 11.3. The lowest BCUT2D eigenvalue weighted by Gasteiger charge is -2.36. The van der Waals surface area contributed by atoms with Gasteiger partial charge in [0.15, 0.2) is 5.82 Å². The highest BCUT2D eigenvalue weighted by molar-refractivity contribution is 7.13. The number of piperazine rings is 1. The smallest absolute Gasteiger partial charge is 0.319 e. The molecule has 19 heteroatoms. The molecule has 0 saturated carbocycles. The van der Waals surface area contributed by atoms with Crippen LogP contribution in [0.3, 0.4) is 0 Å². The van der Waals surface area contributed by atoms with Gasteiger partial charge in [-0.2, -0.15) is 9.97 Å². The summed E-state index contributed by atoms with van der Waals surface area (Å²) in [6.45, 7) is 14.8. The van der Waals surface area contributed by atoms with Crippen LogP contribution in [0.1, 0.15) is 89.6 Å².